The Hall–Kier alpha value is -2.69. The summed E-state index contributed by atoms with van der Waals surface area (Å²) in [5.41, 5.74) is 2.43. The van der Waals surface area contributed by atoms with Crippen molar-refractivity contribution in [1.82, 2.24) is 5.32 Å². The summed E-state index contributed by atoms with van der Waals surface area (Å²) in [6.07, 6.45) is 2.73. The van der Waals surface area contributed by atoms with Crippen LogP contribution in [-0.4, -0.2) is 11.8 Å². The molecule has 27 heavy (non-hydrogen) atoms. The fourth-order valence-corrected chi connectivity index (χ4v) is 3.47. The van der Waals surface area contributed by atoms with Crippen molar-refractivity contribution in [3.8, 4) is 0 Å². The summed E-state index contributed by atoms with van der Waals surface area (Å²) >= 11 is 0. The van der Waals surface area contributed by atoms with E-state index in [1.807, 2.05) is 31.2 Å². The van der Waals surface area contributed by atoms with Crippen molar-refractivity contribution in [2.24, 2.45) is 11.8 Å². The second-order valence-electron chi connectivity index (χ2n) is 7.21. The summed E-state index contributed by atoms with van der Waals surface area (Å²) in [6, 6.07) is 14.2. The Balaban J connectivity index is 1.45. The minimum absolute atomic E-state index is 0.0177. The van der Waals surface area contributed by atoms with Gasteiger partial charge in [-0.15, -0.1) is 0 Å². The van der Waals surface area contributed by atoms with Gasteiger partial charge in [-0.25, -0.2) is 4.39 Å². The van der Waals surface area contributed by atoms with Crippen LogP contribution in [0.15, 0.2) is 48.5 Å². The summed E-state index contributed by atoms with van der Waals surface area (Å²) < 4.78 is 13.6. The van der Waals surface area contributed by atoms with E-state index in [2.05, 4.69) is 10.6 Å². The molecule has 2 aromatic carbocycles. The zero-order valence-corrected chi connectivity index (χ0v) is 15.5. The monoisotopic (exact) mass is 368 g/mol. The molecule has 0 bridgehead atoms. The molecule has 4 nitrogen and oxygen atoms in total. The first-order valence-electron chi connectivity index (χ1n) is 9.41. The Morgan fingerprint density at radius 3 is 2.15 bits per heavy atom. The highest BCUT2D eigenvalue weighted by Crippen LogP contribution is 2.30. The van der Waals surface area contributed by atoms with E-state index in [4.69, 9.17) is 0 Å². The Bertz CT molecular complexity index is 796. The van der Waals surface area contributed by atoms with Gasteiger partial charge in [0, 0.05) is 29.6 Å². The van der Waals surface area contributed by atoms with Gasteiger partial charge >= 0.3 is 0 Å². The van der Waals surface area contributed by atoms with Gasteiger partial charge in [0.15, 0.2) is 0 Å². The zero-order valence-electron chi connectivity index (χ0n) is 15.5. The quantitative estimate of drug-likeness (QED) is 0.831. The molecule has 142 valence electrons. The maximum atomic E-state index is 13.6. The first-order chi connectivity index (χ1) is 13.0. The van der Waals surface area contributed by atoms with Gasteiger partial charge < -0.3 is 10.6 Å². The molecule has 0 aliphatic heterocycles. The zero-order chi connectivity index (χ0) is 19.2. The highest BCUT2D eigenvalue weighted by Gasteiger charge is 2.29. The first kappa shape index (κ1) is 19.1. The molecule has 1 aliphatic rings. The summed E-state index contributed by atoms with van der Waals surface area (Å²) in [6.45, 7) is 2.20. The van der Waals surface area contributed by atoms with Crippen molar-refractivity contribution in [2.75, 3.05) is 5.32 Å². The molecule has 5 heteroatoms. The summed E-state index contributed by atoms with van der Waals surface area (Å²) in [7, 11) is 0. The van der Waals surface area contributed by atoms with Crippen molar-refractivity contribution in [1.29, 1.82) is 0 Å². The van der Waals surface area contributed by atoms with Gasteiger partial charge in [-0.3, -0.25) is 9.59 Å². The minimum atomic E-state index is -0.311. The average molecular weight is 368 g/mol. The Kier molecular flexibility index (Phi) is 6.22. The number of nitrogens with one attached hydrogen (secondary N) is 2. The van der Waals surface area contributed by atoms with Crippen LogP contribution in [0.4, 0.5) is 10.1 Å². The number of halogens is 1. The average Bonchev–Trinajstić information content (AvgIpc) is 2.69. The second-order valence-corrected chi connectivity index (χ2v) is 7.21. The molecule has 3 rings (SSSR count). The van der Waals surface area contributed by atoms with Crippen molar-refractivity contribution >= 4 is 17.5 Å². The number of benzene rings is 2. The van der Waals surface area contributed by atoms with E-state index < -0.39 is 0 Å². The maximum absolute atomic E-state index is 13.6. The van der Waals surface area contributed by atoms with Crippen LogP contribution in [0.25, 0.3) is 0 Å². The number of aryl methyl sites for hydroxylation is 1. The van der Waals surface area contributed by atoms with Crippen LogP contribution in [0.1, 0.15) is 36.8 Å². The molecular formula is C22H25FN2O2. The highest BCUT2D eigenvalue weighted by atomic mass is 19.1. The fourth-order valence-electron chi connectivity index (χ4n) is 3.47. The minimum Gasteiger partial charge on any atom is -0.352 e. The van der Waals surface area contributed by atoms with Crippen LogP contribution < -0.4 is 10.6 Å². The Morgan fingerprint density at radius 2 is 1.52 bits per heavy atom. The standard InChI is InChI=1S/C22H25FN2O2/c1-15-6-12-19(13-7-15)25-22(27)17-10-8-16(9-11-17)21(26)24-14-18-4-2-3-5-20(18)23/h2-7,12-13,16-17H,8-11,14H2,1H3,(H,24,26)(H,25,27). The van der Waals surface area contributed by atoms with Gasteiger partial charge in [0.25, 0.3) is 0 Å². The van der Waals surface area contributed by atoms with E-state index in [1.54, 1.807) is 18.2 Å². The molecule has 2 amide bonds. The normalized spacial score (nSPS) is 19.3. The largest absolute Gasteiger partial charge is 0.352 e. The van der Waals surface area contributed by atoms with Crippen molar-refractivity contribution in [3.05, 3.63) is 65.5 Å². The van der Waals surface area contributed by atoms with Gasteiger partial charge in [-0.1, -0.05) is 35.9 Å². The number of carbonyl (C=O) groups excluding carboxylic acids is 2. The maximum Gasteiger partial charge on any atom is 0.227 e. The van der Waals surface area contributed by atoms with E-state index in [9.17, 15) is 14.0 Å². The van der Waals surface area contributed by atoms with Gasteiger partial charge in [0.05, 0.1) is 0 Å². The van der Waals surface area contributed by atoms with Crippen LogP contribution in [0.2, 0.25) is 0 Å². The van der Waals surface area contributed by atoms with E-state index in [0.29, 0.717) is 31.2 Å². The molecule has 0 heterocycles. The van der Waals surface area contributed by atoms with Gasteiger partial charge in [-0.2, -0.15) is 0 Å². The highest BCUT2D eigenvalue weighted by molar-refractivity contribution is 5.92. The summed E-state index contributed by atoms with van der Waals surface area (Å²) in [5, 5.41) is 5.77. The van der Waals surface area contributed by atoms with Crippen LogP contribution in [0.3, 0.4) is 0 Å². The fraction of sp³-hybridized carbons (Fsp3) is 0.364. The van der Waals surface area contributed by atoms with Gasteiger partial charge in [0.1, 0.15) is 5.82 Å². The van der Waals surface area contributed by atoms with E-state index >= 15 is 0 Å². The number of carbonyl (C=O) groups is 2. The molecule has 0 atom stereocenters. The summed E-state index contributed by atoms with van der Waals surface area (Å²) in [5.74, 6) is -0.531. The lowest BCUT2D eigenvalue weighted by Gasteiger charge is -2.27. The third-order valence-electron chi connectivity index (χ3n) is 5.20. The third kappa shape index (κ3) is 5.16. The first-order valence-corrected chi connectivity index (χ1v) is 9.41. The predicted molar refractivity (Wildman–Crippen MR) is 104 cm³/mol. The van der Waals surface area contributed by atoms with Crippen molar-refractivity contribution in [2.45, 2.75) is 39.2 Å². The molecule has 1 saturated carbocycles. The number of anilines is 1. The lowest BCUT2D eigenvalue weighted by molar-refractivity contribution is -0.128. The topological polar surface area (TPSA) is 58.2 Å². The Morgan fingerprint density at radius 1 is 0.926 bits per heavy atom. The van der Waals surface area contributed by atoms with Crippen LogP contribution >= 0.6 is 0 Å². The van der Waals surface area contributed by atoms with Crippen molar-refractivity contribution in [3.63, 3.8) is 0 Å². The molecule has 0 radical (unpaired) electrons. The molecule has 2 aromatic rings. The molecule has 2 N–H and O–H groups in total. The van der Waals surface area contributed by atoms with Gasteiger partial charge in [0.2, 0.25) is 11.8 Å². The third-order valence-corrected chi connectivity index (χ3v) is 5.20. The SMILES string of the molecule is Cc1ccc(NC(=O)C2CCC(C(=O)NCc3ccccc3F)CC2)cc1. The van der Waals surface area contributed by atoms with E-state index in [-0.39, 0.29) is 36.0 Å². The number of amides is 2. The predicted octanol–water partition coefficient (Wildman–Crippen LogP) is 4.20. The molecule has 0 spiro atoms. The smallest absolute Gasteiger partial charge is 0.227 e. The lowest BCUT2D eigenvalue weighted by Crippen LogP contribution is -2.35. The Labute approximate surface area is 159 Å². The van der Waals surface area contributed by atoms with Crippen LogP contribution in [0, 0.1) is 24.6 Å². The summed E-state index contributed by atoms with van der Waals surface area (Å²) in [4.78, 5) is 24.8. The molecule has 0 aromatic heterocycles. The number of hydrogen-bond donors (Lipinski definition) is 2. The molecular weight excluding hydrogens is 343 g/mol. The molecule has 0 saturated heterocycles. The second kappa shape index (κ2) is 8.80. The number of hydrogen-bond acceptors (Lipinski definition) is 2. The van der Waals surface area contributed by atoms with E-state index in [0.717, 1.165) is 11.3 Å². The van der Waals surface area contributed by atoms with Crippen LogP contribution in [-0.2, 0) is 16.1 Å². The van der Waals surface area contributed by atoms with E-state index in [1.165, 1.54) is 6.07 Å². The molecule has 1 fully saturated rings. The molecule has 0 unspecified atom stereocenters. The van der Waals surface area contributed by atoms with Gasteiger partial charge in [-0.05, 0) is 50.8 Å². The number of rotatable bonds is 5. The lowest BCUT2D eigenvalue weighted by atomic mass is 9.81. The molecule has 1 aliphatic carbocycles. The van der Waals surface area contributed by atoms with Crippen molar-refractivity contribution < 1.29 is 14.0 Å². The van der Waals surface area contributed by atoms with Crippen LogP contribution in [0.5, 0.6) is 0 Å².